The Labute approximate surface area is 235 Å². The molecule has 0 unspecified atom stereocenters. The van der Waals surface area contributed by atoms with Crippen molar-refractivity contribution in [3.8, 4) is 5.75 Å². The molecule has 0 aromatic heterocycles. The van der Waals surface area contributed by atoms with Crippen molar-refractivity contribution in [2.75, 3.05) is 43.5 Å². The second kappa shape index (κ2) is 12.0. The molecule has 0 aliphatic carbocycles. The number of amides is 2. The topological polar surface area (TPSA) is 73.9 Å². The molecule has 1 aliphatic rings. The second-order valence-corrected chi connectivity index (χ2v) is 9.90. The van der Waals surface area contributed by atoms with Gasteiger partial charge in [0, 0.05) is 53.2 Å². The number of nitrogens with zero attached hydrogens (tertiary/aromatic N) is 2. The monoisotopic (exact) mass is 576 g/mol. The van der Waals surface area contributed by atoms with Gasteiger partial charge >= 0.3 is 0 Å². The summed E-state index contributed by atoms with van der Waals surface area (Å²) in [6.45, 7) is 2.67. The highest BCUT2D eigenvalue weighted by molar-refractivity contribution is 7.80. The van der Waals surface area contributed by atoms with E-state index in [-0.39, 0.29) is 27.4 Å². The first-order valence-corrected chi connectivity index (χ1v) is 12.8. The molecule has 2 N–H and O–H groups in total. The summed E-state index contributed by atoms with van der Waals surface area (Å²) in [5.41, 5.74) is 2.54. The summed E-state index contributed by atoms with van der Waals surface area (Å²) in [5.74, 6) is -0.281. The molecule has 1 saturated heterocycles. The Kier molecular flexibility index (Phi) is 8.76. The molecule has 7 nitrogen and oxygen atoms in total. The van der Waals surface area contributed by atoms with Crippen LogP contribution in [0.1, 0.15) is 20.7 Å². The van der Waals surface area contributed by atoms with Gasteiger partial charge in [0.05, 0.1) is 17.7 Å². The van der Waals surface area contributed by atoms with Gasteiger partial charge in [-0.25, -0.2) is 0 Å². The summed E-state index contributed by atoms with van der Waals surface area (Å²) in [6.07, 6.45) is 0. The summed E-state index contributed by atoms with van der Waals surface area (Å²) >= 11 is 23.4. The Morgan fingerprint density at radius 1 is 0.892 bits per heavy atom. The van der Waals surface area contributed by atoms with E-state index in [2.05, 4.69) is 15.5 Å². The minimum atomic E-state index is -0.499. The van der Waals surface area contributed by atoms with Crippen LogP contribution in [0.2, 0.25) is 15.1 Å². The SMILES string of the molecule is COc1c(Cl)cc(Cl)cc1C(=O)NC(=S)Nc1ccc(N2CCN(C(=O)c3ccc(Cl)cc3)CC2)cc1. The van der Waals surface area contributed by atoms with Crippen molar-refractivity contribution in [2.24, 2.45) is 0 Å². The first-order chi connectivity index (χ1) is 17.7. The van der Waals surface area contributed by atoms with Crippen molar-refractivity contribution in [3.63, 3.8) is 0 Å². The zero-order chi connectivity index (χ0) is 26.5. The smallest absolute Gasteiger partial charge is 0.261 e. The average molecular weight is 578 g/mol. The molecule has 11 heteroatoms. The fraction of sp³-hybridized carbons (Fsp3) is 0.192. The number of carbonyl (C=O) groups excluding carboxylic acids is 2. The van der Waals surface area contributed by atoms with Crippen LogP contribution in [0.4, 0.5) is 11.4 Å². The van der Waals surface area contributed by atoms with Gasteiger partial charge in [-0.2, -0.15) is 0 Å². The van der Waals surface area contributed by atoms with E-state index in [1.165, 1.54) is 19.2 Å². The van der Waals surface area contributed by atoms with Crippen molar-refractivity contribution in [2.45, 2.75) is 0 Å². The molecule has 1 fully saturated rings. The molecule has 1 heterocycles. The first-order valence-electron chi connectivity index (χ1n) is 11.3. The van der Waals surface area contributed by atoms with E-state index in [1.54, 1.807) is 24.3 Å². The van der Waals surface area contributed by atoms with Crippen molar-refractivity contribution >= 4 is 75.3 Å². The van der Waals surface area contributed by atoms with Crippen LogP contribution in [-0.4, -0.2) is 55.1 Å². The fourth-order valence-electron chi connectivity index (χ4n) is 3.97. The highest BCUT2D eigenvalue weighted by Crippen LogP contribution is 2.32. The zero-order valence-electron chi connectivity index (χ0n) is 19.8. The third-order valence-corrected chi connectivity index (χ3v) is 6.79. The maximum atomic E-state index is 12.7. The van der Waals surface area contributed by atoms with Crippen LogP contribution >= 0.6 is 47.0 Å². The molecule has 37 heavy (non-hydrogen) atoms. The van der Waals surface area contributed by atoms with E-state index in [0.717, 1.165) is 5.69 Å². The van der Waals surface area contributed by atoms with Gasteiger partial charge in [-0.05, 0) is 72.9 Å². The van der Waals surface area contributed by atoms with Gasteiger partial charge in [-0.15, -0.1) is 0 Å². The quantitative estimate of drug-likeness (QED) is 0.377. The number of hydrogen-bond acceptors (Lipinski definition) is 5. The first kappa shape index (κ1) is 27.0. The van der Waals surface area contributed by atoms with Gasteiger partial charge in [0.2, 0.25) is 0 Å². The summed E-state index contributed by atoms with van der Waals surface area (Å²) < 4.78 is 5.22. The van der Waals surface area contributed by atoms with Crippen LogP contribution in [0.15, 0.2) is 60.7 Å². The van der Waals surface area contributed by atoms with Gasteiger partial charge in [0.25, 0.3) is 11.8 Å². The Morgan fingerprint density at radius 2 is 1.54 bits per heavy atom. The van der Waals surface area contributed by atoms with Gasteiger partial charge in [-0.3, -0.25) is 14.9 Å². The van der Waals surface area contributed by atoms with Crippen LogP contribution in [-0.2, 0) is 0 Å². The summed E-state index contributed by atoms with van der Waals surface area (Å²) in [7, 11) is 1.42. The molecule has 1 aliphatic heterocycles. The standard InChI is InChI=1S/C26H23Cl3N4O3S/c1-36-23-21(14-18(28)15-22(23)29)24(34)31-26(37)30-19-6-8-20(9-7-19)32-10-12-33(13-11-32)25(35)16-2-4-17(27)5-3-16/h2-9,14-15H,10-13H2,1H3,(H2,30,31,34,37). The lowest BCUT2D eigenvalue weighted by atomic mass is 10.1. The molecule has 0 radical (unpaired) electrons. The summed E-state index contributed by atoms with van der Waals surface area (Å²) in [5, 5.41) is 6.86. The van der Waals surface area contributed by atoms with E-state index in [4.69, 9.17) is 51.8 Å². The average Bonchev–Trinajstić information content (AvgIpc) is 2.89. The number of hydrogen-bond donors (Lipinski definition) is 2. The molecular weight excluding hydrogens is 555 g/mol. The molecule has 0 spiro atoms. The molecule has 0 bridgehead atoms. The lowest BCUT2D eigenvalue weighted by molar-refractivity contribution is 0.0746. The van der Waals surface area contributed by atoms with E-state index in [0.29, 0.717) is 47.5 Å². The van der Waals surface area contributed by atoms with E-state index < -0.39 is 5.91 Å². The van der Waals surface area contributed by atoms with Crippen LogP contribution in [0, 0.1) is 0 Å². The summed E-state index contributed by atoms with van der Waals surface area (Å²) in [4.78, 5) is 29.5. The normalized spacial score (nSPS) is 13.2. The molecule has 3 aromatic rings. The number of piperazine rings is 1. The third-order valence-electron chi connectivity index (χ3n) is 5.83. The Hall–Kier alpha value is -3.04. The number of nitrogens with one attached hydrogen (secondary N) is 2. The minimum absolute atomic E-state index is 0.00379. The van der Waals surface area contributed by atoms with Crippen molar-refractivity contribution in [1.29, 1.82) is 0 Å². The second-order valence-electron chi connectivity index (χ2n) is 8.21. The largest absolute Gasteiger partial charge is 0.494 e. The van der Waals surface area contributed by atoms with Gasteiger partial charge in [0.1, 0.15) is 5.75 Å². The number of benzene rings is 3. The third kappa shape index (κ3) is 6.64. The Balaban J connectivity index is 1.31. The molecule has 2 amide bonds. The molecule has 4 rings (SSSR count). The predicted octanol–water partition coefficient (Wildman–Crippen LogP) is 5.74. The lowest BCUT2D eigenvalue weighted by Crippen LogP contribution is -2.48. The maximum Gasteiger partial charge on any atom is 0.261 e. The zero-order valence-corrected chi connectivity index (χ0v) is 22.8. The van der Waals surface area contributed by atoms with Gasteiger partial charge in [-0.1, -0.05) is 34.8 Å². The molecular formula is C26H23Cl3N4O3S. The summed E-state index contributed by atoms with van der Waals surface area (Å²) in [6, 6.07) is 17.6. The van der Waals surface area contributed by atoms with Crippen molar-refractivity contribution in [3.05, 3.63) is 86.9 Å². The van der Waals surface area contributed by atoms with Crippen LogP contribution in [0.3, 0.4) is 0 Å². The number of thiocarbonyl (C=S) groups is 1. The van der Waals surface area contributed by atoms with E-state index in [9.17, 15) is 9.59 Å². The Morgan fingerprint density at radius 3 is 2.16 bits per heavy atom. The fourth-order valence-corrected chi connectivity index (χ4v) is 4.87. The minimum Gasteiger partial charge on any atom is -0.494 e. The van der Waals surface area contributed by atoms with E-state index >= 15 is 0 Å². The van der Waals surface area contributed by atoms with Crippen molar-refractivity contribution in [1.82, 2.24) is 10.2 Å². The van der Waals surface area contributed by atoms with Gasteiger partial charge in [0.15, 0.2) is 5.11 Å². The number of carbonyl (C=O) groups is 2. The van der Waals surface area contributed by atoms with Crippen molar-refractivity contribution < 1.29 is 14.3 Å². The number of anilines is 2. The highest BCUT2D eigenvalue weighted by atomic mass is 35.5. The molecule has 0 saturated carbocycles. The van der Waals surface area contributed by atoms with Crippen LogP contribution in [0.5, 0.6) is 5.75 Å². The van der Waals surface area contributed by atoms with Crippen LogP contribution < -0.4 is 20.3 Å². The van der Waals surface area contributed by atoms with Gasteiger partial charge < -0.3 is 19.9 Å². The number of halogens is 3. The number of ether oxygens (including phenoxy) is 1. The van der Waals surface area contributed by atoms with E-state index in [1.807, 2.05) is 29.2 Å². The maximum absolute atomic E-state index is 12.7. The highest BCUT2D eigenvalue weighted by Gasteiger charge is 2.22. The Bertz CT molecular complexity index is 1310. The van der Waals surface area contributed by atoms with Crippen LogP contribution in [0.25, 0.3) is 0 Å². The lowest BCUT2D eigenvalue weighted by Gasteiger charge is -2.36. The molecule has 0 atom stereocenters. The number of methoxy groups -OCH3 is 1. The molecule has 3 aromatic carbocycles. The number of rotatable bonds is 5. The predicted molar refractivity (Wildman–Crippen MR) is 153 cm³/mol. The molecule has 192 valence electrons.